The number of imidazole rings is 1. The van der Waals surface area contributed by atoms with E-state index in [2.05, 4.69) is 16.4 Å². The summed E-state index contributed by atoms with van der Waals surface area (Å²) in [5.74, 6) is 0.703. The van der Waals surface area contributed by atoms with Gasteiger partial charge in [0.1, 0.15) is 11.8 Å². The number of carbonyl (C=O) groups is 1. The minimum Gasteiger partial charge on any atom is -0.497 e. The third kappa shape index (κ3) is 4.90. The van der Waals surface area contributed by atoms with E-state index in [1.807, 2.05) is 24.3 Å². The average molecular weight is 530 g/mol. The molecule has 0 saturated heterocycles. The number of ether oxygens (including phenoxy) is 1. The van der Waals surface area contributed by atoms with Crippen LogP contribution in [-0.2, 0) is 6.54 Å². The van der Waals surface area contributed by atoms with Crippen molar-refractivity contribution in [1.29, 1.82) is 5.26 Å². The Morgan fingerprint density at radius 1 is 1.16 bits per heavy atom. The lowest BCUT2D eigenvalue weighted by Gasteiger charge is -2.29. The van der Waals surface area contributed by atoms with E-state index in [9.17, 15) is 14.9 Å². The van der Waals surface area contributed by atoms with Gasteiger partial charge in [-0.3, -0.25) is 18.9 Å². The van der Waals surface area contributed by atoms with E-state index >= 15 is 0 Å². The molecule has 1 saturated carbocycles. The number of nitrogens with one attached hydrogen (secondary N) is 1. The number of nitrogens with zero attached hydrogens (tertiary/aromatic N) is 4. The van der Waals surface area contributed by atoms with Gasteiger partial charge in [-0.2, -0.15) is 5.26 Å². The van der Waals surface area contributed by atoms with E-state index in [-0.39, 0.29) is 23.6 Å². The van der Waals surface area contributed by atoms with Crippen molar-refractivity contribution in [2.24, 2.45) is 5.92 Å². The van der Waals surface area contributed by atoms with Crippen LogP contribution in [0, 0.1) is 24.2 Å². The maximum Gasteiger partial charge on any atom is 0.333 e. The second kappa shape index (κ2) is 10.7. The van der Waals surface area contributed by atoms with Crippen LogP contribution in [0.4, 0.5) is 0 Å². The van der Waals surface area contributed by atoms with Crippen LogP contribution in [0.1, 0.15) is 47.3 Å². The van der Waals surface area contributed by atoms with Gasteiger partial charge in [-0.15, -0.1) is 0 Å². The van der Waals surface area contributed by atoms with E-state index in [4.69, 9.17) is 16.3 Å². The molecule has 4 aromatic rings. The van der Waals surface area contributed by atoms with Gasteiger partial charge in [-0.25, -0.2) is 4.79 Å². The SMILES string of the molecule is COc1ccc(C#N)c(-n2c(=O)n(CC3CCC(NC(=O)c4cc(Cl)cnc4C)CC3)c3ccccc32)c1. The molecule has 1 N–H and O–H groups in total. The Hall–Kier alpha value is -4.09. The monoisotopic (exact) mass is 529 g/mol. The van der Waals surface area contributed by atoms with E-state index in [0.29, 0.717) is 39.8 Å². The van der Waals surface area contributed by atoms with Crippen molar-refractivity contribution in [2.75, 3.05) is 7.11 Å². The first-order valence-corrected chi connectivity index (χ1v) is 13.0. The largest absolute Gasteiger partial charge is 0.497 e. The molecule has 2 aromatic heterocycles. The topological polar surface area (TPSA) is 102 Å². The minimum absolute atomic E-state index is 0.0603. The number of pyridine rings is 1. The van der Waals surface area contributed by atoms with Crippen molar-refractivity contribution in [3.05, 3.63) is 87.1 Å². The Kier molecular flexibility index (Phi) is 7.21. The molecule has 1 aliphatic carbocycles. The molecule has 2 heterocycles. The van der Waals surface area contributed by atoms with Crippen LogP contribution in [0.2, 0.25) is 5.02 Å². The lowest BCUT2D eigenvalue weighted by molar-refractivity contribution is 0.0919. The fourth-order valence-corrected chi connectivity index (χ4v) is 5.44. The number of methoxy groups -OCH3 is 1. The van der Waals surface area contributed by atoms with Crippen LogP contribution in [0.15, 0.2) is 59.5 Å². The number of hydrogen-bond acceptors (Lipinski definition) is 5. The Morgan fingerprint density at radius 3 is 2.61 bits per heavy atom. The van der Waals surface area contributed by atoms with Gasteiger partial charge in [0.15, 0.2) is 0 Å². The van der Waals surface area contributed by atoms with Crippen LogP contribution in [0.3, 0.4) is 0 Å². The van der Waals surface area contributed by atoms with Crippen LogP contribution in [0.25, 0.3) is 16.7 Å². The molecular formula is C29H28ClN5O3. The molecule has 0 radical (unpaired) electrons. The number of halogens is 1. The number of amides is 1. The number of para-hydroxylation sites is 2. The number of hydrogen-bond donors (Lipinski definition) is 1. The molecular weight excluding hydrogens is 502 g/mol. The molecule has 8 nitrogen and oxygen atoms in total. The van der Waals surface area contributed by atoms with Crippen LogP contribution >= 0.6 is 11.6 Å². The lowest BCUT2D eigenvalue weighted by atomic mass is 9.85. The molecule has 9 heteroatoms. The molecule has 1 amide bonds. The molecule has 38 heavy (non-hydrogen) atoms. The Morgan fingerprint density at radius 2 is 1.89 bits per heavy atom. The van der Waals surface area contributed by atoms with Gasteiger partial charge in [0.25, 0.3) is 5.91 Å². The van der Waals surface area contributed by atoms with E-state index < -0.39 is 0 Å². The van der Waals surface area contributed by atoms with Gasteiger partial charge in [0.05, 0.1) is 45.7 Å². The number of aromatic nitrogens is 3. The van der Waals surface area contributed by atoms with Gasteiger partial charge >= 0.3 is 5.69 Å². The Balaban J connectivity index is 1.36. The zero-order valence-electron chi connectivity index (χ0n) is 21.3. The Bertz CT molecular complexity index is 1610. The number of rotatable bonds is 6. The molecule has 0 aliphatic heterocycles. The fraction of sp³-hybridized carbons (Fsp3) is 0.310. The number of aryl methyl sites for hydroxylation is 1. The second-order valence-electron chi connectivity index (χ2n) is 9.69. The van der Waals surface area contributed by atoms with Crippen LogP contribution in [-0.4, -0.2) is 33.2 Å². The molecule has 194 valence electrons. The van der Waals surface area contributed by atoms with Gasteiger partial charge in [0, 0.05) is 24.8 Å². The van der Waals surface area contributed by atoms with Crippen molar-refractivity contribution in [3.8, 4) is 17.5 Å². The van der Waals surface area contributed by atoms with Gasteiger partial charge in [0.2, 0.25) is 0 Å². The number of benzene rings is 2. The first kappa shape index (κ1) is 25.6. The third-order valence-corrected chi connectivity index (χ3v) is 7.53. The normalized spacial score (nSPS) is 17.2. The highest BCUT2D eigenvalue weighted by atomic mass is 35.5. The van der Waals surface area contributed by atoms with Crippen molar-refractivity contribution >= 4 is 28.5 Å². The summed E-state index contributed by atoms with van der Waals surface area (Å²) < 4.78 is 8.77. The molecule has 0 spiro atoms. The maximum absolute atomic E-state index is 13.8. The highest BCUT2D eigenvalue weighted by molar-refractivity contribution is 6.30. The van der Waals surface area contributed by atoms with Crippen molar-refractivity contribution in [2.45, 2.75) is 45.2 Å². The molecule has 1 fully saturated rings. The molecule has 0 unspecified atom stereocenters. The van der Waals surface area contributed by atoms with Gasteiger partial charge in [-0.1, -0.05) is 23.7 Å². The van der Waals surface area contributed by atoms with Crippen molar-refractivity contribution < 1.29 is 9.53 Å². The molecule has 2 aromatic carbocycles. The summed E-state index contributed by atoms with van der Waals surface area (Å²) in [7, 11) is 1.56. The number of carbonyl (C=O) groups excluding carboxylic acids is 1. The summed E-state index contributed by atoms with van der Waals surface area (Å²) >= 11 is 6.03. The number of fused-ring (bicyclic) bond motifs is 1. The predicted molar refractivity (Wildman–Crippen MR) is 146 cm³/mol. The highest BCUT2D eigenvalue weighted by Crippen LogP contribution is 2.29. The summed E-state index contributed by atoms with van der Waals surface area (Å²) in [6.07, 6.45) is 4.95. The van der Waals surface area contributed by atoms with Gasteiger partial charge < -0.3 is 10.1 Å². The van der Waals surface area contributed by atoms with Crippen LogP contribution < -0.4 is 15.7 Å². The minimum atomic E-state index is -0.185. The highest BCUT2D eigenvalue weighted by Gasteiger charge is 2.26. The Labute approximate surface area is 225 Å². The number of nitriles is 1. The van der Waals surface area contributed by atoms with E-state index in [0.717, 1.165) is 36.7 Å². The molecule has 0 bridgehead atoms. The zero-order chi connectivity index (χ0) is 26.8. The average Bonchev–Trinajstić information content (AvgIpc) is 3.21. The predicted octanol–water partition coefficient (Wildman–Crippen LogP) is 5.02. The first-order chi connectivity index (χ1) is 18.4. The summed E-state index contributed by atoms with van der Waals surface area (Å²) in [5.41, 5.74) is 3.43. The van der Waals surface area contributed by atoms with E-state index in [1.54, 1.807) is 47.4 Å². The van der Waals surface area contributed by atoms with Crippen molar-refractivity contribution in [3.63, 3.8) is 0 Å². The maximum atomic E-state index is 13.8. The summed E-state index contributed by atoms with van der Waals surface area (Å²) in [4.78, 5) is 30.7. The smallest absolute Gasteiger partial charge is 0.333 e. The van der Waals surface area contributed by atoms with E-state index in [1.165, 1.54) is 6.20 Å². The second-order valence-corrected chi connectivity index (χ2v) is 10.1. The third-order valence-electron chi connectivity index (χ3n) is 7.32. The first-order valence-electron chi connectivity index (χ1n) is 12.6. The summed E-state index contributed by atoms with van der Waals surface area (Å²) in [6.45, 7) is 2.36. The quantitative estimate of drug-likeness (QED) is 0.378. The summed E-state index contributed by atoms with van der Waals surface area (Å²) in [5, 5.41) is 13.3. The molecule has 1 aliphatic rings. The van der Waals surface area contributed by atoms with Gasteiger partial charge in [-0.05, 0) is 68.9 Å². The fourth-order valence-electron chi connectivity index (χ4n) is 5.28. The standard InChI is InChI=1S/C29H28ClN5O3/c1-18-24(13-21(30)16-32-18)28(36)33-22-10-7-19(8-11-22)17-34-25-5-3-4-6-26(25)35(29(34)37)27-14-23(38-2)12-9-20(27)15-31/h3-6,9,12-14,16,19,22H,7-8,10-11,17H2,1-2H3,(H,33,36). The summed E-state index contributed by atoms with van der Waals surface area (Å²) in [6, 6.07) is 16.6. The lowest BCUT2D eigenvalue weighted by Crippen LogP contribution is -2.39. The molecule has 0 atom stereocenters. The van der Waals surface area contributed by atoms with Crippen molar-refractivity contribution in [1.82, 2.24) is 19.4 Å². The zero-order valence-corrected chi connectivity index (χ0v) is 22.0. The molecule has 5 rings (SSSR count). The van der Waals surface area contributed by atoms with Crippen LogP contribution in [0.5, 0.6) is 5.75 Å².